The van der Waals surface area contributed by atoms with Crippen molar-refractivity contribution >= 4 is 40.3 Å². The highest BCUT2D eigenvalue weighted by molar-refractivity contribution is 6.29. The number of pyridine rings is 2. The monoisotopic (exact) mass is 447 g/mol. The fourth-order valence-electron chi connectivity index (χ4n) is 2.74. The van der Waals surface area contributed by atoms with Crippen LogP contribution in [0.4, 0.5) is 30.5 Å². The fourth-order valence-corrected chi connectivity index (χ4v) is 2.81. The van der Waals surface area contributed by atoms with Gasteiger partial charge in [0.25, 0.3) is 0 Å². The van der Waals surface area contributed by atoms with Crippen molar-refractivity contribution in [3.05, 3.63) is 60.6 Å². The predicted molar refractivity (Wildman–Crippen MR) is 108 cm³/mol. The van der Waals surface area contributed by atoms with Gasteiger partial charge in [-0.15, -0.1) is 16.7 Å². The second-order valence-corrected chi connectivity index (χ2v) is 6.53. The van der Waals surface area contributed by atoms with Gasteiger partial charge >= 0.3 is 6.18 Å². The van der Waals surface area contributed by atoms with Crippen LogP contribution in [0.5, 0.6) is 0 Å². The molecule has 2 N–H and O–H groups in total. The number of aromatic nitrogens is 5. The van der Waals surface area contributed by atoms with Crippen molar-refractivity contribution in [2.24, 2.45) is 0 Å². The van der Waals surface area contributed by atoms with Crippen molar-refractivity contribution in [3.63, 3.8) is 0 Å². The molecule has 12 heteroatoms. The first-order valence-corrected chi connectivity index (χ1v) is 9.36. The maximum Gasteiger partial charge on any atom is 0.433 e. The Morgan fingerprint density at radius 1 is 1.13 bits per heavy atom. The minimum Gasteiger partial charge on any atom is -0.338 e. The highest BCUT2D eigenvalue weighted by atomic mass is 35.5. The average Bonchev–Trinajstić information content (AvgIpc) is 3.22. The van der Waals surface area contributed by atoms with Crippen LogP contribution in [-0.2, 0) is 11.0 Å². The molecule has 4 rings (SSSR count). The summed E-state index contributed by atoms with van der Waals surface area (Å²) in [4.78, 5) is 23.5. The van der Waals surface area contributed by atoms with Gasteiger partial charge in [0, 0.05) is 24.1 Å². The van der Waals surface area contributed by atoms with Gasteiger partial charge in [0.15, 0.2) is 5.82 Å². The number of anilines is 3. The Kier molecular flexibility index (Phi) is 5.42. The molecule has 0 saturated carbocycles. The Hall–Kier alpha value is -3.73. The normalized spacial score (nSPS) is 11.5. The van der Waals surface area contributed by atoms with Gasteiger partial charge in [0.05, 0.1) is 0 Å². The van der Waals surface area contributed by atoms with Crippen molar-refractivity contribution in [3.8, 4) is 11.5 Å². The minimum absolute atomic E-state index is 0.00187. The molecule has 0 fully saturated rings. The van der Waals surface area contributed by atoms with Gasteiger partial charge in [-0.1, -0.05) is 6.07 Å². The molecule has 0 spiro atoms. The number of fused-ring (bicyclic) bond motifs is 1. The van der Waals surface area contributed by atoms with Gasteiger partial charge in [-0.25, -0.2) is 19.5 Å². The van der Waals surface area contributed by atoms with Crippen LogP contribution in [0, 0.1) is 0 Å². The lowest BCUT2D eigenvalue weighted by Crippen LogP contribution is -2.13. The molecule has 1 amide bonds. The summed E-state index contributed by atoms with van der Waals surface area (Å²) < 4.78 is 40.6. The van der Waals surface area contributed by atoms with Crippen LogP contribution in [0.15, 0.2) is 54.9 Å². The standard InChI is InChI=1S/C19H13ClF3N7O/c20-10-16(31)27-15-9-11(6-7-24-15)25-18-13-4-2-8-30(13)29-17(28-18)12-3-1-5-14(26-12)19(21,22)23/h1-9H,10H2,(H2,24,25,27,28,29,31). The Morgan fingerprint density at radius 3 is 2.74 bits per heavy atom. The third-order valence-electron chi connectivity index (χ3n) is 4.07. The van der Waals surface area contributed by atoms with Gasteiger partial charge in [0.2, 0.25) is 11.7 Å². The maximum absolute atomic E-state index is 13.0. The van der Waals surface area contributed by atoms with Gasteiger partial charge in [-0.05, 0) is 30.3 Å². The smallest absolute Gasteiger partial charge is 0.338 e. The van der Waals surface area contributed by atoms with E-state index in [0.717, 1.165) is 6.07 Å². The number of carbonyl (C=O) groups is 1. The second kappa shape index (κ2) is 8.19. The van der Waals surface area contributed by atoms with Gasteiger partial charge < -0.3 is 10.6 Å². The topological polar surface area (TPSA) is 97.1 Å². The molecule has 0 atom stereocenters. The second-order valence-electron chi connectivity index (χ2n) is 6.26. The number of hydrogen-bond acceptors (Lipinski definition) is 6. The van der Waals surface area contributed by atoms with Crippen LogP contribution < -0.4 is 10.6 Å². The molecule has 0 saturated heterocycles. The largest absolute Gasteiger partial charge is 0.433 e. The molecule has 0 bridgehead atoms. The van der Waals surface area contributed by atoms with Crippen LogP contribution in [0.25, 0.3) is 17.0 Å². The lowest BCUT2D eigenvalue weighted by molar-refractivity contribution is -0.141. The summed E-state index contributed by atoms with van der Waals surface area (Å²) in [5.74, 6) is -0.0308. The molecule has 0 aliphatic heterocycles. The van der Waals surface area contributed by atoms with E-state index in [-0.39, 0.29) is 23.2 Å². The maximum atomic E-state index is 13.0. The van der Waals surface area contributed by atoms with E-state index in [0.29, 0.717) is 17.0 Å². The number of nitrogens with zero attached hydrogens (tertiary/aromatic N) is 5. The Balaban J connectivity index is 1.72. The number of alkyl halides is 4. The molecule has 0 unspecified atom stereocenters. The number of amides is 1. The lowest BCUT2D eigenvalue weighted by Gasteiger charge is -2.11. The molecule has 0 aliphatic rings. The summed E-state index contributed by atoms with van der Waals surface area (Å²) >= 11 is 5.49. The molecular weight excluding hydrogens is 435 g/mol. The van der Waals surface area contributed by atoms with E-state index < -0.39 is 17.8 Å². The quantitative estimate of drug-likeness (QED) is 0.447. The zero-order chi connectivity index (χ0) is 22.0. The first-order chi connectivity index (χ1) is 14.8. The van der Waals surface area contributed by atoms with Crippen molar-refractivity contribution in [2.45, 2.75) is 6.18 Å². The summed E-state index contributed by atoms with van der Waals surface area (Å²) in [5.41, 5.74) is 0.0475. The number of halogens is 4. The van der Waals surface area contributed by atoms with Crippen LogP contribution in [0.1, 0.15) is 5.69 Å². The van der Waals surface area contributed by atoms with E-state index >= 15 is 0 Å². The summed E-state index contributed by atoms with van der Waals surface area (Å²) in [6.07, 6.45) is -1.48. The number of nitrogens with one attached hydrogen (secondary N) is 2. The van der Waals surface area contributed by atoms with E-state index in [1.807, 2.05) is 0 Å². The zero-order valence-corrected chi connectivity index (χ0v) is 16.3. The average molecular weight is 448 g/mol. The highest BCUT2D eigenvalue weighted by Crippen LogP contribution is 2.29. The summed E-state index contributed by atoms with van der Waals surface area (Å²) in [6.45, 7) is 0. The predicted octanol–water partition coefficient (Wildman–Crippen LogP) is 4.13. The van der Waals surface area contributed by atoms with Crippen LogP contribution in [0.3, 0.4) is 0 Å². The van der Waals surface area contributed by atoms with Crippen molar-refractivity contribution in [2.75, 3.05) is 16.5 Å². The van der Waals surface area contributed by atoms with Crippen LogP contribution in [-0.4, -0.2) is 36.4 Å². The number of carbonyl (C=O) groups excluding carboxylic acids is 1. The van der Waals surface area contributed by atoms with Crippen LogP contribution in [0.2, 0.25) is 0 Å². The first-order valence-electron chi connectivity index (χ1n) is 8.82. The van der Waals surface area contributed by atoms with Gasteiger partial charge in [-0.2, -0.15) is 13.2 Å². The van der Waals surface area contributed by atoms with Crippen LogP contribution >= 0.6 is 11.6 Å². The molecule has 31 heavy (non-hydrogen) atoms. The molecule has 158 valence electrons. The van der Waals surface area contributed by atoms with E-state index in [1.165, 1.54) is 22.8 Å². The van der Waals surface area contributed by atoms with E-state index in [1.54, 1.807) is 30.5 Å². The molecule has 0 aliphatic carbocycles. The molecule has 4 aromatic heterocycles. The SMILES string of the molecule is O=C(CCl)Nc1cc(Nc2nc(-c3cccc(C(F)(F)F)n3)nn3cccc23)ccn1. The molecule has 4 heterocycles. The zero-order valence-electron chi connectivity index (χ0n) is 15.6. The first kappa shape index (κ1) is 20.5. The Labute approximate surface area is 178 Å². The van der Waals surface area contributed by atoms with Gasteiger partial charge in [-0.3, -0.25) is 4.79 Å². The molecule has 8 nitrogen and oxygen atoms in total. The van der Waals surface area contributed by atoms with E-state index in [4.69, 9.17) is 11.6 Å². The Morgan fingerprint density at radius 2 is 1.97 bits per heavy atom. The molecule has 4 aromatic rings. The summed E-state index contributed by atoms with van der Waals surface area (Å²) in [5, 5.41) is 9.86. The number of hydrogen-bond donors (Lipinski definition) is 2. The minimum atomic E-state index is -4.59. The van der Waals surface area contributed by atoms with Crippen molar-refractivity contribution in [1.29, 1.82) is 0 Å². The summed E-state index contributed by atoms with van der Waals surface area (Å²) in [6, 6.07) is 10.2. The van der Waals surface area contributed by atoms with E-state index in [9.17, 15) is 18.0 Å². The van der Waals surface area contributed by atoms with E-state index in [2.05, 4.69) is 30.7 Å². The third-order valence-corrected chi connectivity index (χ3v) is 4.31. The fraction of sp³-hybridized carbons (Fsp3) is 0.105. The van der Waals surface area contributed by atoms with Crippen molar-refractivity contribution < 1.29 is 18.0 Å². The Bertz CT molecular complexity index is 1260. The molecular formula is C19H13ClF3N7O. The third kappa shape index (κ3) is 4.56. The van der Waals surface area contributed by atoms with Crippen molar-refractivity contribution in [1.82, 2.24) is 24.6 Å². The summed E-state index contributed by atoms with van der Waals surface area (Å²) in [7, 11) is 0. The highest BCUT2D eigenvalue weighted by Gasteiger charge is 2.32. The number of rotatable bonds is 5. The van der Waals surface area contributed by atoms with Gasteiger partial charge in [0.1, 0.15) is 28.6 Å². The molecule has 0 aromatic carbocycles. The molecule has 0 radical (unpaired) electrons. The lowest BCUT2D eigenvalue weighted by atomic mass is 10.3.